The summed E-state index contributed by atoms with van der Waals surface area (Å²) >= 11 is 5.90. The van der Waals surface area contributed by atoms with Crippen molar-refractivity contribution < 1.29 is 23.8 Å². The van der Waals surface area contributed by atoms with E-state index in [0.717, 1.165) is 11.1 Å². The van der Waals surface area contributed by atoms with E-state index in [9.17, 15) is 9.59 Å². The molecular formula is C19H20ClNO5. The second kappa shape index (κ2) is 9.10. The number of rotatable bonds is 7. The molecule has 0 aliphatic carbocycles. The van der Waals surface area contributed by atoms with Crippen molar-refractivity contribution in [3.8, 4) is 11.5 Å². The zero-order chi connectivity index (χ0) is 19.1. The minimum absolute atomic E-state index is 0.280. The highest BCUT2D eigenvalue weighted by Crippen LogP contribution is 2.27. The minimum atomic E-state index is -0.640. The van der Waals surface area contributed by atoms with E-state index in [1.165, 1.54) is 7.11 Å². The first kappa shape index (κ1) is 19.6. The largest absolute Gasteiger partial charge is 0.495 e. The van der Waals surface area contributed by atoms with E-state index in [-0.39, 0.29) is 6.61 Å². The average molecular weight is 378 g/mol. The van der Waals surface area contributed by atoms with Gasteiger partial charge in [0.2, 0.25) is 0 Å². The van der Waals surface area contributed by atoms with Crippen LogP contribution in [-0.2, 0) is 14.3 Å². The summed E-state index contributed by atoms with van der Waals surface area (Å²) in [4.78, 5) is 23.7. The topological polar surface area (TPSA) is 73.9 Å². The molecule has 1 amide bonds. The standard InChI is InChI=1S/C19H20ClNO5/c1-12-5-4-6-16(13(12)2)25-11-19(23)26-10-18(22)21-15-9-14(20)7-8-17(15)24-3/h4-9H,10-11H2,1-3H3,(H,21,22). The number of hydrogen-bond acceptors (Lipinski definition) is 5. The number of amides is 1. The highest BCUT2D eigenvalue weighted by molar-refractivity contribution is 6.31. The molecule has 0 radical (unpaired) electrons. The fourth-order valence-electron chi connectivity index (χ4n) is 2.17. The van der Waals surface area contributed by atoms with E-state index in [2.05, 4.69) is 5.32 Å². The van der Waals surface area contributed by atoms with Gasteiger partial charge in [0.1, 0.15) is 11.5 Å². The number of benzene rings is 2. The molecule has 138 valence electrons. The van der Waals surface area contributed by atoms with Gasteiger partial charge < -0.3 is 19.5 Å². The van der Waals surface area contributed by atoms with Crippen LogP contribution in [0.25, 0.3) is 0 Å². The Kier molecular flexibility index (Phi) is 6.86. The lowest BCUT2D eigenvalue weighted by molar-refractivity contribution is -0.149. The van der Waals surface area contributed by atoms with Crippen LogP contribution < -0.4 is 14.8 Å². The van der Waals surface area contributed by atoms with Crippen LogP contribution in [0.1, 0.15) is 11.1 Å². The summed E-state index contributed by atoms with van der Waals surface area (Å²) in [6.45, 7) is 3.14. The molecule has 0 bridgehead atoms. The normalized spacial score (nSPS) is 10.2. The second-order valence-electron chi connectivity index (χ2n) is 5.54. The van der Waals surface area contributed by atoms with Crippen LogP contribution in [0.3, 0.4) is 0 Å². The highest BCUT2D eigenvalue weighted by atomic mass is 35.5. The van der Waals surface area contributed by atoms with E-state index in [4.69, 9.17) is 25.8 Å². The molecule has 2 aromatic rings. The van der Waals surface area contributed by atoms with Crippen LogP contribution in [0, 0.1) is 13.8 Å². The van der Waals surface area contributed by atoms with E-state index in [1.54, 1.807) is 24.3 Å². The molecule has 2 rings (SSSR count). The van der Waals surface area contributed by atoms with Gasteiger partial charge in [-0.25, -0.2) is 4.79 Å². The summed E-state index contributed by atoms with van der Waals surface area (Å²) in [5, 5.41) is 3.03. The summed E-state index contributed by atoms with van der Waals surface area (Å²) in [7, 11) is 1.48. The minimum Gasteiger partial charge on any atom is -0.495 e. The maximum atomic E-state index is 11.9. The summed E-state index contributed by atoms with van der Waals surface area (Å²) < 4.78 is 15.5. The molecule has 0 aliphatic rings. The quantitative estimate of drug-likeness (QED) is 0.747. The molecule has 0 unspecified atom stereocenters. The van der Waals surface area contributed by atoms with Crippen molar-refractivity contribution in [2.45, 2.75) is 13.8 Å². The molecule has 0 aliphatic heterocycles. The Bertz CT molecular complexity index is 807. The van der Waals surface area contributed by atoms with Crippen LogP contribution in [0.15, 0.2) is 36.4 Å². The van der Waals surface area contributed by atoms with Crippen LogP contribution in [0.4, 0.5) is 5.69 Å². The molecule has 6 nitrogen and oxygen atoms in total. The number of aryl methyl sites for hydroxylation is 1. The van der Waals surface area contributed by atoms with Gasteiger partial charge in [-0.05, 0) is 49.2 Å². The van der Waals surface area contributed by atoms with Crippen molar-refractivity contribution in [2.24, 2.45) is 0 Å². The van der Waals surface area contributed by atoms with Crippen molar-refractivity contribution in [3.05, 3.63) is 52.5 Å². The van der Waals surface area contributed by atoms with Gasteiger partial charge in [-0.1, -0.05) is 23.7 Å². The summed E-state index contributed by atoms with van der Waals surface area (Å²) in [6.07, 6.45) is 0. The zero-order valence-electron chi connectivity index (χ0n) is 14.8. The van der Waals surface area contributed by atoms with Gasteiger partial charge >= 0.3 is 5.97 Å². The summed E-state index contributed by atoms with van der Waals surface area (Å²) in [5.74, 6) is -0.0906. The maximum Gasteiger partial charge on any atom is 0.344 e. The Hall–Kier alpha value is -2.73. The van der Waals surface area contributed by atoms with E-state index in [1.807, 2.05) is 26.0 Å². The van der Waals surface area contributed by atoms with E-state index < -0.39 is 18.5 Å². The number of methoxy groups -OCH3 is 1. The number of anilines is 1. The summed E-state index contributed by atoms with van der Waals surface area (Å²) in [5.41, 5.74) is 2.41. The molecule has 26 heavy (non-hydrogen) atoms. The van der Waals surface area contributed by atoms with Gasteiger partial charge in [0.25, 0.3) is 5.91 Å². The number of hydrogen-bond donors (Lipinski definition) is 1. The SMILES string of the molecule is COc1ccc(Cl)cc1NC(=O)COC(=O)COc1cccc(C)c1C. The molecule has 7 heteroatoms. The third-order valence-electron chi connectivity index (χ3n) is 3.70. The Morgan fingerprint density at radius 1 is 1.08 bits per heavy atom. The lowest BCUT2D eigenvalue weighted by Crippen LogP contribution is -2.24. The summed E-state index contributed by atoms with van der Waals surface area (Å²) in [6, 6.07) is 10.4. The monoisotopic (exact) mass is 377 g/mol. The molecular weight excluding hydrogens is 358 g/mol. The van der Waals surface area contributed by atoms with Crippen LogP contribution in [-0.4, -0.2) is 32.2 Å². The predicted molar refractivity (Wildman–Crippen MR) is 99.0 cm³/mol. The molecule has 2 aromatic carbocycles. The first-order chi connectivity index (χ1) is 12.4. The molecule has 0 atom stereocenters. The Morgan fingerprint density at radius 2 is 1.85 bits per heavy atom. The van der Waals surface area contributed by atoms with Gasteiger partial charge in [0.05, 0.1) is 12.8 Å². The average Bonchev–Trinajstić information content (AvgIpc) is 2.61. The third kappa shape index (κ3) is 5.39. The Labute approximate surface area is 157 Å². The van der Waals surface area contributed by atoms with Gasteiger partial charge in [-0.3, -0.25) is 4.79 Å². The second-order valence-corrected chi connectivity index (χ2v) is 5.98. The van der Waals surface area contributed by atoms with Gasteiger partial charge in [0, 0.05) is 5.02 Å². The first-order valence-corrected chi connectivity index (χ1v) is 8.26. The number of carbonyl (C=O) groups excluding carboxylic acids is 2. The van der Waals surface area contributed by atoms with Crippen molar-refractivity contribution in [1.29, 1.82) is 0 Å². The highest BCUT2D eigenvalue weighted by Gasteiger charge is 2.12. The number of halogens is 1. The van der Waals surface area contributed by atoms with Gasteiger partial charge in [-0.15, -0.1) is 0 Å². The smallest absolute Gasteiger partial charge is 0.344 e. The van der Waals surface area contributed by atoms with Crippen molar-refractivity contribution in [3.63, 3.8) is 0 Å². The first-order valence-electron chi connectivity index (χ1n) is 7.88. The fraction of sp³-hybridized carbons (Fsp3) is 0.263. The van der Waals surface area contributed by atoms with Crippen LogP contribution >= 0.6 is 11.6 Å². The van der Waals surface area contributed by atoms with Crippen molar-refractivity contribution in [2.75, 3.05) is 25.6 Å². The van der Waals surface area contributed by atoms with Crippen molar-refractivity contribution in [1.82, 2.24) is 0 Å². The van der Waals surface area contributed by atoms with Gasteiger partial charge in [0.15, 0.2) is 13.2 Å². The fourth-order valence-corrected chi connectivity index (χ4v) is 2.34. The number of carbonyl (C=O) groups is 2. The molecule has 0 spiro atoms. The lowest BCUT2D eigenvalue weighted by atomic mass is 10.1. The van der Waals surface area contributed by atoms with E-state index in [0.29, 0.717) is 22.2 Å². The Balaban J connectivity index is 1.83. The van der Waals surface area contributed by atoms with Crippen LogP contribution in [0.2, 0.25) is 5.02 Å². The molecule has 1 N–H and O–H groups in total. The number of ether oxygens (including phenoxy) is 3. The van der Waals surface area contributed by atoms with Crippen LogP contribution in [0.5, 0.6) is 11.5 Å². The molecule has 0 heterocycles. The maximum absolute atomic E-state index is 11.9. The lowest BCUT2D eigenvalue weighted by Gasteiger charge is -2.12. The number of esters is 1. The molecule has 0 fully saturated rings. The molecule has 0 saturated carbocycles. The molecule has 0 aromatic heterocycles. The number of nitrogens with one attached hydrogen (secondary N) is 1. The Morgan fingerprint density at radius 3 is 2.58 bits per heavy atom. The predicted octanol–water partition coefficient (Wildman–Crippen LogP) is 3.53. The third-order valence-corrected chi connectivity index (χ3v) is 3.94. The molecule has 0 saturated heterocycles. The van der Waals surface area contributed by atoms with Crippen molar-refractivity contribution >= 4 is 29.2 Å². The zero-order valence-corrected chi connectivity index (χ0v) is 15.6. The van der Waals surface area contributed by atoms with E-state index >= 15 is 0 Å². The van der Waals surface area contributed by atoms with Gasteiger partial charge in [-0.2, -0.15) is 0 Å².